The minimum atomic E-state index is -4.94. The van der Waals surface area contributed by atoms with E-state index in [2.05, 4.69) is 0 Å². The van der Waals surface area contributed by atoms with Crippen molar-refractivity contribution in [3.63, 3.8) is 0 Å². The molecule has 0 fully saturated rings. The van der Waals surface area contributed by atoms with Crippen molar-refractivity contribution in [1.82, 2.24) is 0 Å². The summed E-state index contributed by atoms with van der Waals surface area (Å²) in [6.07, 6.45) is -10.1. The van der Waals surface area contributed by atoms with Gasteiger partial charge in [-0.25, -0.2) is 8.78 Å². The minimum Gasteiger partial charge on any atom is -0.330 e. The first-order chi connectivity index (χ1) is 12.8. The topological polar surface area (TPSA) is 52.0 Å². The van der Waals surface area contributed by atoms with E-state index in [1.165, 1.54) is 0 Å². The van der Waals surface area contributed by atoms with Crippen LogP contribution in [0.15, 0.2) is 36.4 Å². The Balaban J connectivity index is 2.36. The van der Waals surface area contributed by atoms with Gasteiger partial charge in [-0.2, -0.15) is 26.3 Å². The maximum Gasteiger partial charge on any atom is 0.419 e. The molecule has 154 valence electrons. The average molecular weight is 412 g/mol. The summed E-state index contributed by atoms with van der Waals surface area (Å²) >= 11 is 0. The Bertz CT molecular complexity index is 829. The number of hydrogen-bond acceptors (Lipinski definition) is 2. The van der Waals surface area contributed by atoms with E-state index in [1.54, 1.807) is 0 Å². The summed E-state index contributed by atoms with van der Waals surface area (Å²) in [5.74, 6) is -3.82. The van der Waals surface area contributed by atoms with Crippen LogP contribution in [0.5, 0.6) is 0 Å². The quantitative estimate of drug-likeness (QED) is 0.705. The zero-order valence-corrected chi connectivity index (χ0v) is 14.2. The highest BCUT2D eigenvalue weighted by Gasteiger charge is 2.36. The van der Waals surface area contributed by atoms with Gasteiger partial charge in [0.25, 0.3) is 0 Å². The molecule has 2 nitrogen and oxygen atoms in total. The van der Waals surface area contributed by atoms with Gasteiger partial charge in [-0.15, -0.1) is 0 Å². The van der Waals surface area contributed by atoms with E-state index < -0.39 is 52.6 Å². The van der Waals surface area contributed by atoms with E-state index in [9.17, 15) is 35.1 Å². The lowest BCUT2D eigenvalue weighted by atomic mass is 9.86. The van der Waals surface area contributed by atoms with Gasteiger partial charge < -0.3 is 11.5 Å². The van der Waals surface area contributed by atoms with E-state index in [0.29, 0.717) is 18.2 Å². The Morgan fingerprint density at radius 2 is 1.54 bits per heavy atom. The van der Waals surface area contributed by atoms with Gasteiger partial charge in [-0.05, 0) is 41.8 Å². The maximum atomic E-state index is 14.3. The molecule has 0 aliphatic heterocycles. The number of halogens is 8. The molecule has 0 saturated carbocycles. The van der Waals surface area contributed by atoms with Crippen molar-refractivity contribution in [2.45, 2.75) is 30.7 Å². The molecule has 0 aliphatic rings. The highest BCUT2D eigenvalue weighted by Crippen LogP contribution is 2.35. The third kappa shape index (κ3) is 4.99. The fourth-order valence-electron chi connectivity index (χ4n) is 2.93. The Kier molecular flexibility index (Phi) is 6.34. The van der Waals surface area contributed by atoms with E-state index >= 15 is 0 Å². The van der Waals surface area contributed by atoms with Gasteiger partial charge in [0.2, 0.25) is 0 Å². The summed E-state index contributed by atoms with van der Waals surface area (Å²) in [7, 11) is 0. The van der Waals surface area contributed by atoms with Crippen LogP contribution in [0.2, 0.25) is 0 Å². The number of alkyl halides is 6. The van der Waals surface area contributed by atoms with Gasteiger partial charge in [0, 0.05) is 18.5 Å². The lowest BCUT2D eigenvalue weighted by molar-refractivity contribution is -0.140. The molecule has 2 unspecified atom stereocenters. The lowest BCUT2D eigenvalue weighted by Gasteiger charge is -2.25. The first kappa shape index (κ1) is 22.1. The van der Waals surface area contributed by atoms with Crippen molar-refractivity contribution in [2.75, 3.05) is 6.54 Å². The first-order valence-electron chi connectivity index (χ1n) is 8.02. The molecule has 0 radical (unpaired) electrons. The van der Waals surface area contributed by atoms with Crippen LogP contribution in [0.3, 0.4) is 0 Å². The Morgan fingerprint density at radius 3 is 2.07 bits per heavy atom. The first-order valence-corrected chi connectivity index (χ1v) is 8.02. The third-order valence-electron chi connectivity index (χ3n) is 4.26. The van der Waals surface area contributed by atoms with E-state index in [0.717, 1.165) is 18.2 Å². The zero-order valence-electron chi connectivity index (χ0n) is 14.2. The summed E-state index contributed by atoms with van der Waals surface area (Å²) in [5, 5.41) is 0. The molecular weight excluding hydrogens is 396 g/mol. The molecule has 0 heterocycles. The molecular formula is C18H16F8N2. The highest BCUT2D eigenvalue weighted by molar-refractivity contribution is 5.33. The highest BCUT2D eigenvalue weighted by atomic mass is 19.4. The summed E-state index contributed by atoms with van der Waals surface area (Å²) in [6.45, 7) is -0.360. The van der Waals surface area contributed by atoms with Crippen molar-refractivity contribution in [3.8, 4) is 0 Å². The smallest absolute Gasteiger partial charge is 0.330 e. The molecule has 0 aliphatic carbocycles. The second kappa shape index (κ2) is 8.04. The van der Waals surface area contributed by atoms with Gasteiger partial charge >= 0.3 is 12.4 Å². The third-order valence-corrected chi connectivity index (χ3v) is 4.26. The van der Waals surface area contributed by atoms with Crippen molar-refractivity contribution in [2.24, 2.45) is 11.5 Å². The van der Waals surface area contributed by atoms with E-state index in [4.69, 9.17) is 11.5 Å². The maximum absolute atomic E-state index is 14.3. The number of rotatable bonds is 5. The van der Waals surface area contributed by atoms with Gasteiger partial charge in [-0.1, -0.05) is 12.1 Å². The molecule has 10 heteroatoms. The molecule has 2 rings (SSSR count). The lowest BCUT2D eigenvalue weighted by Crippen LogP contribution is -2.36. The van der Waals surface area contributed by atoms with Crippen LogP contribution in [-0.4, -0.2) is 12.6 Å². The second-order valence-electron chi connectivity index (χ2n) is 6.26. The molecule has 0 amide bonds. The monoisotopic (exact) mass is 412 g/mol. The Labute approximate surface area is 155 Å². The summed E-state index contributed by atoms with van der Waals surface area (Å²) in [4.78, 5) is 0. The predicted molar refractivity (Wildman–Crippen MR) is 86.3 cm³/mol. The van der Waals surface area contributed by atoms with Gasteiger partial charge in [0.05, 0.1) is 11.1 Å². The molecule has 2 atom stereocenters. The molecule has 4 N–H and O–H groups in total. The molecule has 0 bridgehead atoms. The van der Waals surface area contributed by atoms with Gasteiger partial charge in [0.15, 0.2) is 0 Å². The van der Waals surface area contributed by atoms with Crippen molar-refractivity contribution in [3.05, 3.63) is 70.3 Å². The summed E-state index contributed by atoms with van der Waals surface area (Å²) < 4.78 is 105. The van der Waals surface area contributed by atoms with E-state index in [-0.39, 0.29) is 18.5 Å². The van der Waals surface area contributed by atoms with E-state index in [1.807, 2.05) is 0 Å². The summed E-state index contributed by atoms with van der Waals surface area (Å²) in [6, 6.07) is 3.28. The summed E-state index contributed by atoms with van der Waals surface area (Å²) in [5.41, 5.74) is 8.16. The number of hydrogen-bond donors (Lipinski definition) is 2. The van der Waals surface area contributed by atoms with Crippen LogP contribution in [0, 0.1) is 11.6 Å². The van der Waals surface area contributed by atoms with Gasteiger partial charge in [-0.3, -0.25) is 0 Å². The molecule has 0 aromatic heterocycles. The second-order valence-corrected chi connectivity index (χ2v) is 6.26. The Hall–Kier alpha value is -2.20. The van der Waals surface area contributed by atoms with Crippen LogP contribution in [0.1, 0.15) is 28.2 Å². The van der Waals surface area contributed by atoms with Crippen LogP contribution in [-0.2, 0) is 18.8 Å². The van der Waals surface area contributed by atoms with Crippen molar-refractivity contribution < 1.29 is 35.1 Å². The fraction of sp³-hybridized carbons (Fsp3) is 0.333. The molecule has 28 heavy (non-hydrogen) atoms. The van der Waals surface area contributed by atoms with Crippen LogP contribution in [0.25, 0.3) is 0 Å². The largest absolute Gasteiger partial charge is 0.419 e. The van der Waals surface area contributed by atoms with Gasteiger partial charge in [0.1, 0.15) is 11.6 Å². The Morgan fingerprint density at radius 1 is 0.893 bits per heavy atom. The molecule has 2 aromatic carbocycles. The van der Waals surface area contributed by atoms with Crippen molar-refractivity contribution >= 4 is 0 Å². The minimum absolute atomic E-state index is 0.134. The van der Waals surface area contributed by atoms with Crippen molar-refractivity contribution in [1.29, 1.82) is 0 Å². The fourth-order valence-corrected chi connectivity index (χ4v) is 2.93. The number of benzene rings is 2. The average Bonchev–Trinajstić information content (AvgIpc) is 2.54. The molecule has 0 saturated heterocycles. The molecule has 0 spiro atoms. The SMILES string of the molecule is NCC(c1cccc(C(F)(F)F)c1F)C(N)Cc1cc(F)cc(C(F)(F)F)c1. The molecule has 2 aromatic rings. The standard InChI is InChI=1S/C18H16F8N2/c19-11-5-9(4-10(7-11)17(21,22)23)6-15(28)13(8-27)12-2-1-3-14(16(12)20)18(24,25)26/h1-5,7,13,15H,6,8,27-28H2. The number of nitrogens with two attached hydrogens (primary N) is 2. The normalized spacial score (nSPS) is 14.8. The van der Waals surface area contributed by atoms with Crippen LogP contribution < -0.4 is 11.5 Å². The van der Waals surface area contributed by atoms with Crippen LogP contribution in [0.4, 0.5) is 35.1 Å². The van der Waals surface area contributed by atoms with Crippen LogP contribution >= 0.6 is 0 Å². The predicted octanol–water partition coefficient (Wildman–Crippen LogP) is 4.61. The zero-order chi connectivity index (χ0) is 21.3.